The van der Waals surface area contributed by atoms with Crippen molar-refractivity contribution in [3.63, 3.8) is 0 Å². The number of anilines is 1. The van der Waals surface area contributed by atoms with Gasteiger partial charge in [-0.15, -0.1) is 0 Å². The maximum atomic E-state index is 13.1. The van der Waals surface area contributed by atoms with E-state index in [-0.39, 0.29) is 18.2 Å². The van der Waals surface area contributed by atoms with Crippen LogP contribution in [0.3, 0.4) is 0 Å². The molecule has 7 heteroatoms. The number of amides is 3. The molecule has 0 aromatic heterocycles. The number of nitrogens with zero attached hydrogens (tertiary/aromatic N) is 1. The van der Waals surface area contributed by atoms with Crippen molar-refractivity contribution in [1.82, 2.24) is 4.90 Å². The Morgan fingerprint density at radius 3 is 2.24 bits per heavy atom. The van der Waals surface area contributed by atoms with Crippen LogP contribution >= 0.6 is 0 Å². The van der Waals surface area contributed by atoms with Gasteiger partial charge >= 0.3 is 5.97 Å². The van der Waals surface area contributed by atoms with E-state index in [1.165, 1.54) is 0 Å². The smallest absolute Gasteiger partial charge is 0.330 e. The normalized spacial score (nSPS) is 20.1. The van der Waals surface area contributed by atoms with Crippen molar-refractivity contribution in [2.24, 2.45) is 11.8 Å². The summed E-state index contributed by atoms with van der Waals surface area (Å²) in [6.45, 7) is 3.40. The molecule has 2 aromatic rings. The lowest BCUT2D eigenvalue weighted by Crippen LogP contribution is -2.48. The van der Waals surface area contributed by atoms with Gasteiger partial charge in [0.15, 0.2) is 6.61 Å². The zero-order chi connectivity index (χ0) is 24.2. The van der Waals surface area contributed by atoms with E-state index >= 15 is 0 Å². The lowest BCUT2D eigenvalue weighted by molar-refractivity contribution is -0.159. The Balaban J connectivity index is 1.48. The van der Waals surface area contributed by atoms with Crippen LogP contribution in [0.25, 0.3) is 0 Å². The molecule has 1 saturated heterocycles. The molecule has 7 nitrogen and oxygen atoms in total. The van der Waals surface area contributed by atoms with Gasteiger partial charge in [-0.3, -0.25) is 19.3 Å². The number of esters is 1. The number of fused-ring (bicyclic) bond motifs is 1. The molecular formula is C27H28N2O5. The van der Waals surface area contributed by atoms with Gasteiger partial charge in [0.1, 0.15) is 6.04 Å². The average molecular weight is 461 g/mol. The fourth-order valence-electron chi connectivity index (χ4n) is 4.50. The molecule has 3 atom stereocenters. The summed E-state index contributed by atoms with van der Waals surface area (Å²) in [5.41, 5.74) is 3.52. The molecule has 0 spiro atoms. The lowest BCUT2D eigenvalue weighted by Gasteiger charge is -2.25. The fourth-order valence-corrected chi connectivity index (χ4v) is 4.50. The number of carbonyl (C=O) groups excluding carboxylic acids is 4. The zero-order valence-corrected chi connectivity index (χ0v) is 19.3. The van der Waals surface area contributed by atoms with Crippen molar-refractivity contribution in [3.8, 4) is 0 Å². The number of likely N-dealkylation sites (tertiary alicyclic amines) is 1. The van der Waals surface area contributed by atoms with Crippen molar-refractivity contribution in [3.05, 3.63) is 77.4 Å². The van der Waals surface area contributed by atoms with E-state index in [2.05, 4.69) is 5.32 Å². The van der Waals surface area contributed by atoms with Crippen LogP contribution in [-0.4, -0.2) is 41.2 Å². The van der Waals surface area contributed by atoms with Gasteiger partial charge in [-0.05, 0) is 55.5 Å². The first-order valence-corrected chi connectivity index (χ1v) is 11.4. The molecule has 1 heterocycles. The van der Waals surface area contributed by atoms with Crippen molar-refractivity contribution in [2.75, 3.05) is 11.9 Å². The first-order valence-electron chi connectivity index (χ1n) is 11.4. The molecular weight excluding hydrogens is 432 g/mol. The first kappa shape index (κ1) is 23.4. The van der Waals surface area contributed by atoms with Crippen LogP contribution in [0.5, 0.6) is 0 Å². The summed E-state index contributed by atoms with van der Waals surface area (Å²) < 4.78 is 5.31. The minimum Gasteiger partial charge on any atom is -0.454 e. The SMILES string of the molecule is Cc1ccc(NC(=O)COC(=O)[C@H](Cc2ccccc2)N2C(=O)[C@H]3CC=CC[C@@H]3C2=O)cc1C. The zero-order valence-electron chi connectivity index (χ0n) is 19.3. The number of benzene rings is 2. The van der Waals surface area contributed by atoms with Gasteiger partial charge in [0.2, 0.25) is 11.8 Å². The highest BCUT2D eigenvalue weighted by molar-refractivity contribution is 6.08. The maximum absolute atomic E-state index is 13.1. The van der Waals surface area contributed by atoms with Crippen molar-refractivity contribution in [1.29, 1.82) is 0 Å². The van der Waals surface area contributed by atoms with Crippen LogP contribution in [0.2, 0.25) is 0 Å². The van der Waals surface area contributed by atoms with E-state index in [4.69, 9.17) is 4.74 Å². The minimum absolute atomic E-state index is 0.128. The van der Waals surface area contributed by atoms with Crippen LogP contribution in [0, 0.1) is 25.7 Å². The standard InChI is InChI=1S/C27H28N2O5/c1-17-12-13-20(14-18(17)2)28-24(30)16-34-27(33)23(15-19-8-4-3-5-9-19)29-25(31)21-10-6-7-11-22(21)26(29)32/h3-9,12-14,21-23H,10-11,15-16H2,1-2H3,(H,28,30)/t21-,22-,23-/m0/s1. The van der Waals surface area contributed by atoms with Gasteiger partial charge in [0, 0.05) is 12.1 Å². The molecule has 2 aromatic carbocycles. The van der Waals surface area contributed by atoms with Gasteiger partial charge in [-0.2, -0.15) is 0 Å². The molecule has 176 valence electrons. The minimum atomic E-state index is -1.12. The van der Waals surface area contributed by atoms with Crippen LogP contribution in [0.4, 0.5) is 5.69 Å². The Bertz CT molecular complexity index is 1110. The van der Waals surface area contributed by atoms with Crippen LogP contribution in [-0.2, 0) is 30.3 Å². The molecule has 1 aliphatic heterocycles. The molecule has 0 bridgehead atoms. The molecule has 2 aliphatic rings. The first-order chi connectivity index (χ1) is 16.3. The van der Waals surface area contributed by atoms with Gasteiger partial charge in [0.25, 0.3) is 5.91 Å². The Kier molecular flexibility index (Phi) is 6.91. The highest BCUT2D eigenvalue weighted by Crippen LogP contribution is 2.36. The van der Waals surface area contributed by atoms with Crippen LogP contribution < -0.4 is 5.32 Å². The van der Waals surface area contributed by atoms with E-state index in [1.807, 2.05) is 68.5 Å². The summed E-state index contributed by atoms with van der Waals surface area (Å²) in [4.78, 5) is 52.8. The van der Waals surface area contributed by atoms with Crippen molar-refractivity contribution < 1.29 is 23.9 Å². The van der Waals surface area contributed by atoms with Gasteiger partial charge in [-0.25, -0.2) is 4.79 Å². The Hall–Kier alpha value is -3.74. The summed E-state index contributed by atoms with van der Waals surface area (Å²) in [6, 6.07) is 13.5. The van der Waals surface area contributed by atoms with Gasteiger partial charge in [-0.1, -0.05) is 48.6 Å². The van der Waals surface area contributed by atoms with Gasteiger partial charge < -0.3 is 10.1 Å². The lowest BCUT2D eigenvalue weighted by atomic mass is 9.85. The summed E-state index contributed by atoms with van der Waals surface area (Å²) in [5, 5.41) is 2.71. The van der Waals surface area contributed by atoms with Gasteiger partial charge in [0.05, 0.1) is 11.8 Å². The number of carbonyl (C=O) groups is 4. The van der Waals surface area contributed by atoms with E-state index in [0.29, 0.717) is 18.5 Å². The van der Waals surface area contributed by atoms with E-state index in [0.717, 1.165) is 21.6 Å². The third-order valence-corrected chi connectivity index (χ3v) is 6.53. The highest BCUT2D eigenvalue weighted by Gasteiger charge is 2.51. The number of aryl methyl sites for hydroxylation is 2. The number of ether oxygens (including phenoxy) is 1. The monoisotopic (exact) mass is 460 g/mol. The second-order valence-electron chi connectivity index (χ2n) is 8.86. The molecule has 1 N–H and O–H groups in total. The largest absolute Gasteiger partial charge is 0.454 e. The predicted molar refractivity (Wildman–Crippen MR) is 127 cm³/mol. The summed E-state index contributed by atoms with van der Waals surface area (Å²) >= 11 is 0. The summed E-state index contributed by atoms with van der Waals surface area (Å²) in [5.74, 6) is -2.86. The van der Waals surface area contributed by atoms with E-state index in [1.54, 1.807) is 6.07 Å². The van der Waals surface area contributed by atoms with E-state index < -0.39 is 36.4 Å². The molecule has 34 heavy (non-hydrogen) atoms. The molecule has 0 saturated carbocycles. The molecule has 4 rings (SSSR count). The molecule has 0 radical (unpaired) electrons. The van der Waals surface area contributed by atoms with Crippen LogP contribution in [0.15, 0.2) is 60.7 Å². The molecule has 1 fully saturated rings. The highest BCUT2D eigenvalue weighted by atomic mass is 16.5. The topological polar surface area (TPSA) is 92.8 Å². The summed E-state index contributed by atoms with van der Waals surface area (Å²) in [7, 11) is 0. The summed E-state index contributed by atoms with van der Waals surface area (Å²) in [6.07, 6.45) is 4.90. The predicted octanol–water partition coefficient (Wildman–Crippen LogP) is 3.35. The second kappa shape index (κ2) is 10.0. The molecule has 0 unspecified atom stereocenters. The molecule has 3 amide bonds. The second-order valence-corrected chi connectivity index (χ2v) is 8.86. The van der Waals surface area contributed by atoms with Crippen molar-refractivity contribution in [2.45, 2.75) is 39.2 Å². The Morgan fingerprint density at radius 2 is 1.62 bits per heavy atom. The Morgan fingerprint density at radius 1 is 0.971 bits per heavy atom. The molecule has 1 aliphatic carbocycles. The average Bonchev–Trinajstić information content (AvgIpc) is 3.09. The fraction of sp³-hybridized carbons (Fsp3) is 0.333. The number of hydrogen-bond donors (Lipinski definition) is 1. The Labute approximate surface area is 198 Å². The van der Waals surface area contributed by atoms with Crippen LogP contribution in [0.1, 0.15) is 29.5 Å². The maximum Gasteiger partial charge on any atom is 0.330 e. The number of rotatable bonds is 7. The number of allylic oxidation sites excluding steroid dienone is 2. The van der Waals surface area contributed by atoms with Crippen molar-refractivity contribution >= 4 is 29.4 Å². The van der Waals surface area contributed by atoms with E-state index in [9.17, 15) is 19.2 Å². The quantitative estimate of drug-likeness (QED) is 0.389. The third-order valence-electron chi connectivity index (χ3n) is 6.53. The third kappa shape index (κ3) is 4.93. The number of nitrogens with one attached hydrogen (secondary N) is 1. The number of imide groups is 1. The number of hydrogen-bond acceptors (Lipinski definition) is 5.